The second kappa shape index (κ2) is 2.16. The lowest BCUT2D eigenvalue weighted by molar-refractivity contribution is -0.128. The summed E-state index contributed by atoms with van der Waals surface area (Å²) in [6.45, 7) is 3.33. The van der Waals surface area contributed by atoms with Crippen LogP contribution in [-0.2, 0) is 9.53 Å². The zero-order valence-electron chi connectivity index (χ0n) is 5.77. The first kappa shape index (κ1) is 7.41. The van der Waals surface area contributed by atoms with E-state index in [0.29, 0.717) is 5.76 Å². The molecule has 56 valence electrons. The topological polar surface area (TPSA) is 38.3 Å². The Bertz CT molecular complexity index is 202. The van der Waals surface area contributed by atoms with Crippen LogP contribution in [-0.4, -0.2) is 11.0 Å². The molecule has 0 radical (unpaired) electrons. The average molecular weight is 162 g/mol. The van der Waals surface area contributed by atoms with Gasteiger partial charge in [-0.3, -0.25) is 4.79 Å². The van der Waals surface area contributed by atoms with Crippen molar-refractivity contribution in [3.8, 4) is 0 Å². The van der Waals surface area contributed by atoms with E-state index < -0.39 is 11.0 Å². The van der Waals surface area contributed by atoms with E-state index in [-0.39, 0.29) is 0 Å². The molecule has 0 aromatic carbocycles. The molecule has 0 amide bonds. The minimum atomic E-state index is -1.05. The van der Waals surface area contributed by atoms with E-state index >= 15 is 0 Å². The van der Waals surface area contributed by atoms with Gasteiger partial charge < -0.3 is 10.1 Å². The molecule has 0 saturated heterocycles. The molecular weight excluding hydrogens is 154 g/mol. The van der Waals surface area contributed by atoms with Crippen LogP contribution in [0.2, 0.25) is 0 Å². The van der Waals surface area contributed by atoms with Gasteiger partial charge in [-0.05, 0) is 18.5 Å². The van der Waals surface area contributed by atoms with Crippen LogP contribution in [0.1, 0.15) is 13.8 Å². The van der Waals surface area contributed by atoms with E-state index in [9.17, 15) is 4.79 Å². The molecule has 10 heavy (non-hydrogen) atoms. The third-order valence-corrected chi connectivity index (χ3v) is 1.65. The molecule has 1 aliphatic heterocycles. The summed E-state index contributed by atoms with van der Waals surface area (Å²) in [4.78, 5) is 10.7. The largest absolute Gasteiger partial charge is 0.463 e. The first-order chi connectivity index (χ1) is 4.54. The fourth-order valence-corrected chi connectivity index (χ4v) is 0.810. The van der Waals surface area contributed by atoms with Crippen LogP contribution in [0, 0.1) is 0 Å². The van der Waals surface area contributed by atoms with Crippen molar-refractivity contribution in [2.24, 2.45) is 0 Å². The maximum absolute atomic E-state index is 10.7. The highest BCUT2D eigenvalue weighted by Crippen LogP contribution is 2.20. The van der Waals surface area contributed by atoms with E-state index in [1.807, 2.05) is 0 Å². The lowest BCUT2D eigenvalue weighted by atomic mass is 10.3. The second-order valence-corrected chi connectivity index (χ2v) is 2.65. The van der Waals surface area contributed by atoms with Gasteiger partial charge in [-0.15, -0.1) is 0 Å². The maximum atomic E-state index is 10.7. The van der Waals surface area contributed by atoms with Crippen LogP contribution in [0.4, 0.5) is 0 Å². The first-order valence-corrected chi connectivity index (χ1v) is 3.26. The molecule has 4 heteroatoms. The molecule has 0 bridgehead atoms. The fourth-order valence-electron chi connectivity index (χ4n) is 0.717. The van der Waals surface area contributed by atoms with Crippen molar-refractivity contribution in [2.75, 3.05) is 0 Å². The van der Waals surface area contributed by atoms with Crippen LogP contribution in [0.25, 0.3) is 0 Å². The van der Waals surface area contributed by atoms with Gasteiger partial charge in [0.2, 0.25) is 0 Å². The minimum Gasteiger partial charge on any atom is -0.463 e. The summed E-state index contributed by atoms with van der Waals surface area (Å²) >= 11 is 5.23. The first-order valence-electron chi connectivity index (χ1n) is 2.88. The zero-order valence-corrected chi connectivity index (χ0v) is 6.53. The van der Waals surface area contributed by atoms with Crippen LogP contribution >= 0.6 is 11.6 Å². The Morgan fingerprint density at radius 3 is 2.70 bits per heavy atom. The van der Waals surface area contributed by atoms with Crippen molar-refractivity contribution in [3.05, 3.63) is 12.0 Å². The number of rotatable bonds is 1. The molecule has 1 unspecified atom stereocenters. The Hall–Kier alpha value is -0.700. The predicted molar refractivity (Wildman–Crippen MR) is 37.2 cm³/mol. The highest BCUT2D eigenvalue weighted by molar-refractivity contribution is 6.65. The normalized spacial score (nSPS) is 30.5. The van der Waals surface area contributed by atoms with E-state index in [1.54, 1.807) is 20.0 Å². The van der Waals surface area contributed by atoms with E-state index in [0.717, 1.165) is 0 Å². The summed E-state index contributed by atoms with van der Waals surface area (Å²) in [6, 6.07) is 0. The number of halogens is 1. The minimum absolute atomic E-state index is 0.541. The van der Waals surface area contributed by atoms with Crippen LogP contribution in [0.3, 0.4) is 0 Å². The summed E-state index contributed by atoms with van der Waals surface area (Å²) in [7, 11) is 0. The smallest absolute Gasteiger partial charge is 0.286 e. The molecule has 1 rings (SSSR count). The number of hydrogen-bond donors (Lipinski definition) is 1. The Labute approximate surface area is 64.0 Å². The van der Waals surface area contributed by atoms with Gasteiger partial charge >= 0.3 is 0 Å². The number of nitrogens with one attached hydrogen (secondary N) is 1. The van der Waals surface area contributed by atoms with Crippen LogP contribution in [0.15, 0.2) is 12.0 Å². The van der Waals surface area contributed by atoms with Crippen molar-refractivity contribution in [3.63, 3.8) is 0 Å². The number of carbonyl (C=O) groups is 1. The van der Waals surface area contributed by atoms with E-state index in [4.69, 9.17) is 16.3 Å². The van der Waals surface area contributed by atoms with Gasteiger partial charge in [0.25, 0.3) is 11.0 Å². The number of hydrogen-bond acceptors (Lipinski definition) is 3. The lowest BCUT2D eigenvalue weighted by Gasteiger charge is -2.19. The van der Waals surface area contributed by atoms with Crippen molar-refractivity contribution in [1.82, 2.24) is 5.32 Å². The fraction of sp³-hybridized carbons (Fsp3) is 0.500. The van der Waals surface area contributed by atoms with Crippen molar-refractivity contribution in [1.29, 1.82) is 0 Å². The molecule has 0 aromatic heterocycles. The highest BCUT2D eigenvalue weighted by Gasteiger charge is 2.36. The lowest BCUT2D eigenvalue weighted by Crippen LogP contribution is -2.42. The number of ether oxygens (including phenoxy) is 1. The molecule has 0 aliphatic carbocycles. The predicted octanol–water partition coefficient (Wildman–Crippen LogP) is 0.949. The van der Waals surface area contributed by atoms with Gasteiger partial charge in [-0.2, -0.15) is 0 Å². The Morgan fingerprint density at radius 1 is 1.90 bits per heavy atom. The van der Waals surface area contributed by atoms with Crippen molar-refractivity contribution >= 4 is 16.8 Å². The van der Waals surface area contributed by atoms with Gasteiger partial charge in [0.15, 0.2) is 0 Å². The van der Waals surface area contributed by atoms with Crippen molar-refractivity contribution in [2.45, 2.75) is 19.6 Å². The number of carbonyl (C=O) groups excluding carboxylic acids is 1. The molecule has 0 saturated carbocycles. The standard InChI is InChI=1S/C6H8ClNO2/c1-4-3-8-6(2,10-4)5(7)9/h3,8H,1-2H3. The Balaban J connectivity index is 2.70. The van der Waals surface area contributed by atoms with E-state index in [2.05, 4.69) is 5.32 Å². The van der Waals surface area contributed by atoms with Gasteiger partial charge in [0, 0.05) is 13.1 Å². The molecule has 0 fully saturated rings. The molecule has 0 aromatic rings. The van der Waals surface area contributed by atoms with Gasteiger partial charge in [0.05, 0.1) is 0 Å². The van der Waals surface area contributed by atoms with E-state index in [1.165, 1.54) is 0 Å². The molecule has 1 atom stereocenters. The molecular formula is C6H8ClNO2. The maximum Gasteiger partial charge on any atom is 0.286 e. The molecule has 0 spiro atoms. The molecule has 3 nitrogen and oxygen atoms in total. The summed E-state index contributed by atoms with van der Waals surface area (Å²) in [5, 5.41) is 2.18. The van der Waals surface area contributed by atoms with Gasteiger partial charge in [-0.1, -0.05) is 0 Å². The van der Waals surface area contributed by atoms with Gasteiger partial charge in [-0.25, -0.2) is 0 Å². The highest BCUT2D eigenvalue weighted by atomic mass is 35.5. The monoisotopic (exact) mass is 161 g/mol. The SMILES string of the molecule is CC1=CNC(C)(C(=O)Cl)O1. The van der Waals surface area contributed by atoms with Crippen molar-refractivity contribution < 1.29 is 9.53 Å². The van der Waals surface area contributed by atoms with Crippen LogP contribution in [0.5, 0.6) is 0 Å². The second-order valence-electron chi connectivity index (χ2n) is 2.31. The molecule has 1 heterocycles. The molecule has 1 aliphatic rings. The zero-order chi connectivity index (χ0) is 7.78. The third kappa shape index (κ3) is 1.09. The number of allylic oxidation sites excluding steroid dienone is 1. The summed E-state index contributed by atoms with van der Waals surface area (Å²) in [5.41, 5.74) is -1.05. The van der Waals surface area contributed by atoms with Crippen LogP contribution < -0.4 is 5.32 Å². The Morgan fingerprint density at radius 2 is 2.50 bits per heavy atom. The Kier molecular flexibility index (Phi) is 1.60. The summed E-state index contributed by atoms with van der Waals surface area (Å²) in [5.74, 6) is 0.663. The average Bonchev–Trinajstić information content (AvgIpc) is 2.13. The summed E-state index contributed by atoms with van der Waals surface area (Å²) < 4.78 is 5.08. The quantitative estimate of drug-likeness (QED) is 0.582. The molecule has 1 N–H and O–H groups in total. The third-order valence-electron chi connectivity index (χ3n) is 1.29. The summed E-state index contributed by atoms with van der Waals surface area (Å²) in [6.07, 6.45) is 1.61. The van der Waals surface area contributed by atoms with Gasteiger partial charge in [0.1, 0.15) is 5.76 Å².